The van der Waals surface area contributed by atoms with Gasteiger partial charge in [-0.05, 0) is 57.4 Å². The lowest BCUT2D eigenvalue weighted by Gasteiger charge is -2.37. The van der Waals surface area contributed by atoms with Crippen molar-refractivity contribution >= 4 is 24.1 Å². The fraction of sp³-hybridized carbons (Fsp3) is 0.435. The highest BCUT2D eigenvalue weighted by molar-refractivity contribution is 5.91. The van der Waals surface area contributed by atoms with Crippen molar-refractivity contribution in [2.75, 3.05) is 14.2 Å². The van der Waals surface area contributed by atoms with Gasteiger partial charge in [-0.2, -0.15) is 0 Å². The highest BCUT2D eigenvalue weighted by Crippen LogP contribution is 2.38. The van der Waals surface area contributed by atoms with E-state index in [1.165, 1.54) is 19.1 Å². The number of likely N-dealkylation sites (tertiary alicyclic amines) is 1. The summed E-state index contributed by atoms with van der Waals surface area (Å²) in [5.74, 6) is -0.989. The maximum atomic E-state index is 13.0. The van der Waals surface area contributed by atoms with Gasteiger partial charge < -0.3 is 14.2 Å². The molecule has 1 fully saturated rings. The van der Waals surface area contributed by atoms with Gasteiger partial charge in [-0.25, -0.2) is 14.4 Å². The predicted octanol–water partition coefficient (Wildman–Crippen LogP) is 3.98. The molecule has 1 heterocycles. The van der Waals surface area contributed by atoms with E-state index in [2.05, 4.69) is 6.58 Å². The fourth-order valence-electron chi connectivity index (χ4n) is 3.44. The summed E-state index contributed by atoms with van der Waals surface area (Å²) >= 11 is 0. The van der Waals surface area contributed by atoms with Gasteiger partial charge >= 0.3 is 18.0 Å². The van der Waals surface area contributed by atoms with Gasteiger partial charge in [-0.3, -0.25) is 4.90 Å². The number of hydrogen-bond donors (Lipinski definition) is 0. The molecule has 0 radical (unpaired) electrons. The van der Waals surface area contributed by atoms with Crippen LogP contribution < -0.4 is 0 Å². The van der Waals surface area contributed by atoms with Crippen molar-refractivity contribution < 1.29 is 28.6 Å². The molecule has 30 heavy (non-hydrogen) atoms. The SMILES string of the molecule is C=C[C@H]1CC[C@](/C=C/c2ccc(C(=O)OC)cc2)(C(=O)OC)N1C(=O)OC(C)(C)C. The van der Waals surface area contributed by atoms with Gasteiger partial charge in [0.05, 0.1) is 25.8 Å². The Kier molecular flexibility index (Phi) is 7.08. The minimum absolute atomic E-state index is 0.367. The number of ether oxygens (including phenoxy) is 3. The normalized spacial score (nSPS) is 21.4. The third-order valence-corrected chi connectivity index (χ3v) is 4.87. The average molecular weight is 415 g/mol. The third-order valence-electron chi connectivity index (χ3n) is 4.87. The molecule has 2 atom stereocenters. The first-order valence-corrected chi connectivity index (χ1v) is 9.69. The average Bonchev–Trinajstić information content (AvgIpc) is 3.10. The molecule has 1 aromatic rings. The van der Waals surface area contributed by atoms with Crippen LogP contribution in [0.25, 0.3) is 6.08 Å². The number of hydrogen-bond acceptors (Lipinski definition) is 6. The molecule has 1 aliphatic rings. The summed E-state index contributed by atoms with van der Waals surface area (Å²) in [5.41, 5.74) is -0.880. The van der Waals surface area contributed by atoms with Crippen LogP contribution in [0.2, 0.25) is 0 Å². The topological polar surface area (TPSA) is 82.1 Å². The second-order valence-electron chi connectivity index (χ2n) is 8.05. The molecule has 0 saturated carbocycles. The number of rotatable bonds is 5. The van der Waals surface area contributed by atoms with Crippen LogP contribution in [0.15, 0.2) is 43.0 Å². The third kappa shape index (κ3) is 4.90. The Bertz CT molecular complexity index is 836. The van der Waals surface area contributed by atoms with E-state index in [1.807, 2.05) is 0 Å². The van der Waals surface area contributed by atoms with Crippen molar-refractivity contribution in [2.24, 2.45) is 0 Å². The molecule has 0 unspecified atom stereocenters. The largest absolute Gasteiger partial charge is 0.467 e. The van der Waals surface area contributed by atoms with Gasteiger partial charge in [0, 0.05) is 0 Å². The van der Waals surface area contributed by atoms with Crippen molar-refractivity contribution in [1.29, 1.82) is 0 Å². The summed E-state index contributed by atoms with van der Waals surface area (Å²) in [5, 5.41) is 0. The maximum Gasteiger partial charge on any atom is 0.412 e. The van der Waals surface area contributed by atoms with Crippen LogP contribution in [-0.4, -0.2) is 54.3 Å². The highest BCUT2D eigenvalue weighted by atomic mass is 16.6. The summed E-state index contributed by atoms with van der Waals surface area (Å²) in [6, 6.07) is 6.34. The lowest BCUT2D eigenvalue weighted by atomic mass is 9.94. The number of carbonyl (C=O) groups is 3. The number of carbonyl (C=O) groups excluding carboxylic acids is 3. The highest BCUT2D eigenvalue weighted by Gasteiger charge is 2.53. The van der Waals surface area contributed by atoms with Crippen LogP contribution in [0.5, 0.6) is 0 Å². The van der Waals surface area contributed by atoms with E-state index < -0.39 is 29.2 Å². The molecule has 0 bridgehead atoms. The Morgan fingerprint density at radius 2 is 1.77 bits per heavy atom. The van der Waals surface area contributed by atoms with Gasteiger partial charge in [-0.1, -0.05) is 24.3 Å². The maximum absolute atomic E-state index is 13.0. The molecule has 0 aliphatic carbocycles. The first-order chi connectivity index (χ1) is 14.1. The second kappa shape index (κ2) is 9.15. The molecule has 2 rings (SSSR count). The van der Waals surface area contributed by atoms with Gasteiger partial charge in [0.25, 0.3) is 0 Å². The number of amides is 1. The van der Waals surface area contributed by atoms with Gasteiger partial charge in [0.2, 0.25) is 0 Å². The Balaban J connectivity index is 2.43. The molecule has 0 aromatic heterocycles. The molecule has 162 valence electrons. The lowest BCUT2D eigenvalue weighted by Crippen LogP contribution is -2.55. The van der Waals surface area contributed by atoms with E-state index >= 15 is 0 Å². The standard InChI is InChI=1S/C23H29NO6/c1-7-18-13-15-23(20(26)29-6,24(18)21(27)30-22(2,3)4)14-12-16-8-10-17(11-9-16)19(25)28-5/h7-12,14,18H,1,13,15H2,2-6H3/b14-12+/t18-,23+/m0/s1. The van der Waals surface area contributed by atoms with Crippen molar-refractivity contribution in [2.45, 2.75) is 50.8 Å². The number of benzene rings is 1. The quantitative estimate of drug-likeness (QED) is 0.411. The summed E-state index contributed by atoms with van der Waals surface area (Å²) < 4.78 is 15.3. The van der Waals surface area contributed by atoms with Crippen LogP contribution in [0.4, 0.5) is 4.79 Å². The fourth-order valence-corrected chi connectivity index (χ4v) is 3.44. The molecule has 0 N–H and O–H groups in total. The van der Waals surface area contributed by atoms with Crippen molar-refractivity contribution in [1.82, 2.24) is 4.90 Å². The van der Waals surface area contributed by atoms with Gasteiger partial charge in [0.1, 0.15) is 5.60 Å². The van der Waals surface area contributed by atoms with Crippen molar-refractivity contribution in [3.05, 3.63) is 54.1 Å². The molecule has 1 aromatic carbocycles. The monoisotopic (exact) mass is 415 g/mol. The molecule has 1 saturated heterocycles. The zero-order valence-corrected chi connectivity index (χ0v) is 18.1. The number of esters is 2. The van der Waals surface area contributed by atoms with Crippen LogP contribution in [0, 0.1) is 0 Å². The number of methoxy groups -OCH3 is 2. The molecular weight excluding hydrogens is 386 g/mol. The Morgan fingerprint density at radius 3 is 2.27 bits per heavy atom. The molecule has 7 nitrogen and oxygen atoms in total. The zero-order valence-electron chi connectivity index (χ0n) is 18.1. The van der Waals surface area contributed by atoms with E-state index in [-0.39, 0.29) is 6.04 Å². The van der Waals surface area contributed by atoms with E-state index in [0.717, 1.165) is 5.56 Å². The smallest absolute Gasteiger partial charge is 0.412 e. The van der Waals surface area contributed by atoms with Gasteiger partial charge in [0.15, 0.2) is 5.54 Å². The zero-order chi connectivity index (χ0) is 22.5. The number of nitrogens with zero attached hydrogens (tertiary/aromatic N) is 1. The van der Waals surface area contributed by atoms with E-state index in [9.17, 15) is 14.4 Å². The first kappa shape index (κ1) is 23.2. The summed E-state index contributed by atoms with van der Waals surface area (Å²) in [6.45, 7) is 9.10. The van der Waals surface area contributed by atoms with Crippen LogP contribution in [0.1, 0.15) is 49.5 Å². The second-order valence-corrected chi connectivity index (χ2v) is 8.05. The van der Waals surface area contributed by atoms with Crippen molar-refractivity contribution in [3.8, 4) is 0 Å². The van der Waals surface area contributed by atoms with E-state index in [4.69, 9.17) is 14.2 Å². The van der Waals surface area contributed by atoms with E-state index in [0.29, 0.717) is 18.4 Å². The minimum atomic E-state index is -1.32. The molecule has 1 amide bonds. The van der Waals surface area contributed by atoms with Crippen LogP contribution in [0.3, 0.4) is 0 Å². The minimum Gasteiger partial charge on any atom is -0.467 e. The van der Waals surface area contributed by atoms with E-state index in [1.54, 1.807) is 63.3 Å². The van der Waals surface area contributed by atoms with Crippen molar-refractivity contribution in [3.63, 3.8) is 0 Å². The lowest BCUT2D eigenvalue weighted by molar-refractivity contribution is -0.150. The summed E-state index contributed by atoms with van der Waals surface area (Å²) in [6.07, 6.45) is 5.31. The van der Waals surface area contributed by atoms with Crippen LogP contribution >= 0.6 is 0 Å². The van der Waals surface area contributed by atoms with Gasteiger partial charge in [-0.15, -0.1) is 6.58 Å². The summed E-state index contributed by atoms with van der Waals surface area (Å²) in [7, 11) is 2.61. The Labute approximate surface area is 177 Å². The Morgan fingerprint density at radius 1 is 1.13 bits per heavy atom. The molecular formula is C23H29NO6. The first-order valence-electron chi connectivity index (χ1n) is 9.69. The predicted molar refractivity (Wildman–Crippen MR) is 113 cm³/mol. The molecule has 7 heteroatoms. The summed E-state index contributed by atoms with van der Waals surface area (Å²) in [4.78, 5) is 38.9. The van der Waals surface area contributed by atoms with Crippen LogP contribution in [-0.2, 0) is 19.0 Å². The molecule has 1 aliphatic heterocycles. The Hall–Kier alpha value is -3.09. The molecule has 0 spiro atoms.